The lowest BCUT2D eigenvalue weighted by Crippen LogP contribution is -2.19. The van der Waals surface area contributed by atoms with Gasteiger partial charge in [0.1, 0.15) is 5.25 Å². The lowest BCUT2D eigenvalue weighted by molar-refractivity contribution is -0.116. The van der Waals surface area contributed by atoms with Gasteiger partial charge in [-0.1, -0.05) is 84.4 Å². The van der Waals surface area contributed by atoms with Crippen molar-refractivity contribution in [3.8, 4) is 0 Å². The molecule has 0 aromatic heterocycles. The van der Waals surface area contributed by atoms with E-state index in [-0.39, 0.29) is 11.8 Å². The minimum absolute atomic E-state index is 0.0782. The van der Waals surface area contributed by atoms with Crippen LogP contribution in [0.1, 0.15) is 27.5 Å². The van der Waals surface area contributed by atoms with Crippen LogP contribution in [0.25, 0.3) is 0 Å². The molecule has 2 N–H and O–H groups in total. The molecule has 0 saturated carbocycles. The number of anilines is 2. The van der Waals surface area contributed by atoms with E-state index in [2.05, 4.69) is 16.7 Å². The largest absolute Gasteiger partial charge is 0.326 e. The minimum Gasteiger partial charge on any atom is -0.326 e. The van der Waals surface area contributed by atoms with E-state index >= 15 is 0 Å². The highest BCUT2D eigenvalue weighted by Gasteiger charge is 2.23. The lowest BCUT2D eigenvalue weighted by Gasteiger charge is -2.18. The van der Waals surface area contributed by atoms with E-state index in [1.54, 1.807) is 0 Å². The highest BCUT2D eigenvalue weighted by atomic mass is 32.2. The molecule has 0 aliphatic carbocycles. The van der Waals surface area contributed by atoms with Crippen molar-refractivity contribution in [1.29, 1.82) is 0 Å². The summed E-state index contributed by atoms with van der Waals surface area (Å²) >= 11 is 1.46. The summed E-state index contributed by atoms with van der Waals surface area (Å²) in [4.78, 5) is 26.8. The number of hydrogen-bond donors (Lipinski definition) is 2. The van der Waals surface area contributed by atoms with E-state index < -0.39 is 5.25 Å². The molecule has 2 amide bonds. The van der Waals surface area contributed by atoms with E-state index in [1.807, 2.05) is 111 Å². The van der Waals surface area contributed by atoms with Crippen LogP contribution in [-0.2, 0) is 16.0 Å². The Balaban J connectivity index is 1.51. The fourth-order valence-corrected chi connectivity index (χ4v) is 4.91. The molecule has 0 bridgehead atoms. The summed E-state index contributed by atoms with van der Waals surface area (Å²) in [6, 6.07) is 33.0. The van der Waals surface area contributed by atoms with E-state index in [1.165, 1.54) is 11.8 Å². The summed E-state index contributed by atoms with van der Waals surface area (Å²) in [5, 5.41) is 5.62. The van der Waals surface area contributed by atoms with Gasteiger partial charge in [0.15, 0.2) is 0 Å². The Labute approximate surface area is 210 Å². The van der Waals surface area contributed by atoms with Crippen LogP contribution >= 0.6 is 11.8 Å². The van der Waals surface area contributed by atoms with Crippen molar-refractivity contribution >= 4 is 35.0 Å². The molecule has 4 nitrogen and oxygen atoms in total. The maximum atomic E-state index is 13.4. The molecule has 0 saturated heterocycles. The zero-order valence-electron chi connectivity index (χ0n) is 19.8. The molecule has 0 aliphatic heterocycles. The molecule has 4 aromatic carbocycles. The van der Waals surface area contributed by atoms with Crippen molar-refractivity contribution in [3.63, 3.8) is 0 Å². The summed E-state index contributed by atoms with van der Waals surface area (Å²) < 4.78 is 0. The average molecular weight is 481 g/mol. The van der Waals surface area contributed by atoms with E-state index in [4.69, 9.17) is 0 Å². The molecule has 4 rings (SSSR count). The number of amides is 2. The van der Waals surface area contributed by atoms with Gasteiger partial charge in [0.2, 0.25) is 11.8 Å². The maximum absolute atomic E-state index is 13.4. The SMILES string of the molecule is Cc1ccc(NC(=O)C(Sc2cccc(NC(=O)Cc3ccccc3)c2)c2ccccc2)c(C)c1. The zero-order valence-corrected chi connectivity index (χ0v) is 20.6. The third-order valence-electron chi connectivity index (χ3n) is 5.56. The number of thioether (sulfide) groups is 1. The second kappa shape index (κ2) is 11.5. The minimum atomic E-state index is -0.452. The standard InChI is InChI=1S/C30H28N2O2S/c1-21-16-17-27(22(2)18-21)32-30(34)29(24-12-7-4-8-13-24)35-26-15-9-14-25(20-26)31-28(33)19-23-10-5-3-6-11-23/h3-18,20,29H,19H2,1-2H3,(H,31,33)(H,32,34). The van der Waals surface area contributed by atoms with Gasteiger partial charge in [0.05, 0.1) is 6.42 Å². The van der Waals surface area contributed by atoms with Crippen LogP contribution in [0.2, 0.25) is 0 Å². The van der Waals surface area contributed by atoms with Gasteiger partial charge in [-0.25, -0.2) is 0 Å². The third-order valence-corrected chi connectivity index (χ3v) is 6.81. The Bertz CT molecular complexity index is 1310. The Morgan fingerprint density at radius 3 is 2.20 bits per heavy atom. The van der Waals surface area contributed by atoms with Crippen LogP contribution in [0, 0.1) is 13.8 Å². The van der Waals surface area contributed by atoms with Crippen molar-refractivity contribution in [2.75, 3.05) is 10.6 Å². The number of hydrogen-bond acceptors (Lipinski definition) is 3. The van der Waals surface area contributed by atoms with Crippen LogP contribution in [-0.4, -0.2) is 11.8 Å². The van der Waals surface area contributed by atoms with Crippen molar-refractivity contribution < 1.29 is 9.59 Å². The van der Waals surface area contributed by atoms with Crippen molar-refractivity contribution in [2.24, 2.45) is 0 Å². The van der Waals surface area contributed by atoms with Crippen LogP contribution in [0.4, 0.5) is 11.4 Å². The first-order chi connectivity index (χ1) is 17.0. The number of carbonyl (C=O) groups is 2. The normalized spacial score (nSPS) is 11.5. The van der Waals surface area contributed by atoms with Gasteiger partial charge in [-0.05, 0) is 54.8 Å². The smallest absolute Gasteiger partial charge is 0.242 e. The Kier molecular flexibility index (Phi) is 8.01. The highest BCUT2D eigenvalue weighted by Crippen LogP contribution is 2.37. The molecular formula is C30H28N2O2S. The summed E-state index contributed by atoms with van der Waals surface area (Å²) in [6.07, 6.45) is 0.309. The van der Waals surface area contributed by atoms with Crippen LogP contribution in [0.5, 0.6) is 0 Å². The van der Waals surface area contributed by atoms with E-state index in [9.17, 15) is 9.59 Å². The molecule has 176 valence electrons. The number of carbonyl (C=O) groups excluding carboxylic acids is 2. The molecule has 0 spiro atoms. The molecule has 1 atom stereocenters. The first-order valence-corrected chi connectivity index (χ1v) is 12.4. The van der Waals surface area contributed by atoms with Crippen molar-refractivity contribution in [1.82, 2.24) is 0 Å². The number of nitrogens with one attached hydrogen (secondary N) is 2. The van der Waals surface area contributed by atoms with Crippen LogP contribution < -0.4 is 10.6 Å². The fourth-order valence-electron chi connectivity index (χ4n) is 3.82. The first kappa shape index (κ1) is 24.3. The maximum Gasteiger partial charge on any atom is 0.242 e. The quantitative estimate of drug-likeness (QED) is 0.268. The number of benzene rings is 4. The molecule has 0 fully saturated rings. The number of aryl methyl sites for hydroxylation is 2. The average Bonchev–Trinajstić information content (AvgIpc) is 2.85. The summed E-state index contributed by atoms with van der Waals surface area (Å²) in [5.41, 5.74) is 5.57. The first-order valence-electron chi connectivity index (χ1n) is 11.5. The van der Waals surface area contributed by atoms with Gasteiger partial charge in [0, 0.05) is 16.3 Å². The van der Waals surface area contributed by atoms with Gasteiger partial charge >= 0.3 is 0 Å². The summed E-state index contributed by atoms with van der Waals surface area (Å²) in [6.45, 7) is 4.03. The molecule has 0 radical (unpaired) electrons. The van der Waals surface area contributed by atoms with Gasteiger partial charge in [-0.15, -0.1) is 11.8 Å². The van der Waals surface area contributed by atoms with Gasteiger partial charge in [-0.2, -0.15) is 0 Å². The molecule has 0 heterocycles. The predicted octanol–water partition coefficient (Wildman–Crippen LogP) is 6.96. The van der Waals surface area contributed by atoms with Crippen molar-refractivity contribution in [3.05, 3.63) is 125 Å². The van der Waals surface area contributed by atoms with E-state index in [0.29, 0.717) is 12.1 Å². The molecule has 0 aliphatic rings. The summed E-state index contributed by atoms with van der Waals surface area (Å²) in [5.74, 6) is -0.169. The predicted molar refractivity (Wildman–Crippen MR) is 145 cm³/mol. The van der Waals surface area contributed by atoms with Crippen LogP contribution in [0.15, 0.2) is 108 Å². The molecule has 35 heavy (non-hydrogen) atoms. The number of rotatable bonds is 8. The third kappa shape index (κ3) is 6.84. The molecule has 4 aromatic rings. The second-order valence-corrected chi connectivity index (χ2v) is 9.63. The van der Waals surface area contributed by atoms with E-state index in [0.717, 1.165) is 32.8 Å². The topological polar surface area (TPSA) is 58.2 Å². The van der Waals surface area contributed by atoms with Crippen molar-refractivity contribution in [2.45, 2.75) is 30.4 Å². The Morgan fingerprint density at radius 1 is 0.771 bits per heavy atom. The van der Waals surface area contributed by atoms with Crippen LogP contribution in [0.3, 0.4) is 0 Å². The zero-order chi connectivity index (χ0) is 24.6. The highest BCUT2D eigenvalue weighted by molar-refractivity contribution is 8.00. The fraction of sp³-hybridized carbons (Fsp3) is 0.133. The second-order valence-electron chi connectivity index (χ2n) is 8.45. The Morgan fingerprint density at radius 2 is 1.49 bits per heavy atom. The summed E-state index contributed by atoms with van der Waals surface area (Å²) in [7, 11) is 0. The van der Waals surface area contributed by atoms with Gasteiger partial charge in [-0.3, -0.25) is 9.59 Å². The lowest BCUT2D eigenvalue weighted by atomic mass is 10.1. The molecule has 5 heteroatoms. The van der Waals surface area contributed by atoms with Gasteiger partial charge < -0.3 is 10.6 Å². The molecular weight excluding hydrogens is 452 g/mol. The van der Waals surface area contributed by atoms with Gasteiger partial charge in [0.25, 0.3) is 0 Å². The molecule has 1 unspecified atom stereocenters. The monoisotopic (exact) mass is 480 g/mol. The Hall–Kier alpha value is -3.83.